The van der Waals surface area contributed by atoms with Crippen LogP contribution in [0.4, 0.5) is 10.1 Å². The van der Waals surface area contributed by atoms with Crippen LogP contribution in [0.3, 0.4) is 0 Å². The largest absolute Gasteiger partial charge is 0.478 e. The van der Waals surface area contributed by atoms with Crippen molar-refractivity contribution in [2.45, 2.75) is 12.8 Å². The van der Waals surface area contributed by atoms with E-state index in [-0.39, 0.29) is 5.56 Å². The molecule has 1 fully saturated rings. The summed E-state index contributed by atoms with van der Waals surface area (Å²) in [5.41, 5.74) is 0.456. The lowest BCUT2D eigenvalue weighted by molar-refractivity contribution is 0.0696. The second-order valence-corrected chi connectivity index (χ2v) is 4.30. The summed E-state index contributed by atoms with van der Waals surface area (Å²) in [5, 5.41) is 8.71. The summed E-state index contributed by atoms with van der Waals surface area (Å²) in [4.78, 5) is 12.5. The van der Waals surface area contributed by atoms with E-state index in [0.29, 0.717) is 11.6 Å². The maximum atomic E-state index is 13.6. The normalized spacial score (nSPS) is 14.9. The molecule has 0 unspecified atom stereocenters. The van der Waals surface area contributed by atoms with Gasteiger partial charge in [-0.3, -0.25) is 0 Å². The van der Waals surface area contributed by atoms with E-state index in [2.05, 4.69) is 0 Å². The van der Waals surface area contributed by atoms with Gasteiger partial charge in [0.05, 0.1) is 11.3 Å². The highest BCUT2D eigenvalue weighted by atomic mass is 19.1. The van der Waals surface area contributed by atoms with E-state index in [9.17, 15) is 9.18 Å². The lowest BCUT2D eigenvalue weighted by Gasteiger charge is -2.19. The van der Waals surface area contributed by atoms with E-state index in [1.54, 1.807) is 0 Å². The van der Waals surface area contributed by atoms with E-state index in [1.165, 1.54) is 25.0 Å². The Kier molecular flexibility index (Phi) is 2.81. The van der Waals surface area contributed by atoms with E-state index in [0.717, 1.165) is 12.6 Å². The fourth-order valence-corrected chi connectivity index (χ4v) is 1.74. The van der Waals surface area contributed by atoms with Crippen LogP contribution < -0.4 is 4.90 Å². The molecule has 0 aliphatic heterocycles. The number of hydrogen-bond acceptors (Lipinski definition) is 2. The highest BCUT2D eigenvalue weighted by Gasteiger charge is 2.24. The number of carboxylic acid groups (broad SMARTS) is 1. The van der Waals surface area contributed by atoms with E-state index < -0.39 is 11.8 Å². The number of rotatable bonds is 4. The summed E-state index contributed by atoms with van der Waals surface area (Å²) in [6, 6.07) is 4.03. The van der Waals surface area contributed by atoms with Gasteiger partial charge in [-0.15, -0.1) is 0 Å². The van der Waals surface area contributed by atoms with Crippen LogP contribution in [-0.4, -0.2) is 24.7 Å². The van der Waals surface area contributed by atoms with Crippen LogP contribution in [0.2, 0.25) is 0 Å². The molecule has 1 aromatic rings. The molecule has 1 aromatic carbocycles. The Morgan fingerprint density at radius 2 is 2.25 bits per heavy atom. The minimum Gasteiger partial charge on any atom is -0.478 e. The summed E-state index contributed by atoms with van der Waals surface area (Å²) >= 11 is 0. The average molecular weight is 223 g/mol. The molecular weight excluding hydrogens is 209 g/mol. The Hall–Kier alpha value is -1.58. The van der Waals surface area contributed by atoms with Gasteiger partial charge in [-0.25, -0.2) is 9.18 Å². The maximum absolute atomic E-state index is 13.6. The molecule has 86 valence electrons. The first-order chi connectivity index (χ1) is 7.58. The average Bonchev–Trinajstić information content (AvgIpc) is 3.01. The molecule has 0 saturated heterocycles. The van der Waals surface area contributed by atoms with Gasteiger partial charge in [-0.1, -0.05) is 0 Å². The monoisotopic (exact) mass is 223 g/mol. The van der Waals surface area contributed by atoms with Crippen LogP contribution in [0.15, 0.2) is 18.2 Å². The molecule has 3 nitrogen and oxygen atoms in total. The number of aromatic carboxylic acids is 1. The molecule has 0 heterocycles. The molecule has 0 bridgehead atoms. The van der Waals surface area contributed by atoms with Crippen LogP contribution >= 0.6 is 0 Å². The van der Waals surface area contributed by atoms with Crippen molar-refractivity contribution in [3.05, 3.63) is 29.6 Å². The fourth-order valence-electron chi connectivity index (χ4n) is 1.74. The van der Waals surface area contributed by atoms with Crippen molar-refractivity contribution < 1.29 is 14.3 Å². The van der Waals surface area contributed by atoms with Crippen molar-refractivity contribution in [3.8, 4) is 0 Å². The van der Waals surface area contributed by atoms with Crippen LogP contribution in [-0.2, 0) is 0 Å². The second-order valence-electron chi connectivity index (χ2n) is 4.30. The van der Waals surface area contributed by atoms with Gasteiger partial charge >= 0.3 is 5.97 Å². The maximum Gasteiger partial charge on any atom is 0.335 e. The smallest absolute Gasteiger partial charge is 0.335 e. The summed E-state index contributed by atoms with van der Waals surface area (Å²) < 4.78 is 13.6. The van der Waals surface area contributed by atoms with Crippen LogP contribution in [0.5, 0.6) is 0 Å². The van der Waals surface area contributed by atoms with Crippen molar-refractivity contribution in [1.82, 2.24) is 0 Å². The zero-order valence-corrected chi connectivity index (χ0v) is 9.11. The molecule has 16 heavy (non-hydrogen) atoms. The first kappa shape index (κ1) is 10.9. The fraction of sp³-hybridized carbons (Fsp3) is 0.417. The highest BCUT2D eigenvalue weighted by Crippen LogP contribution is 2.31. The third-order valence-electron chi connectivity index (χ3n) is 2.83. The van der Waals surface area contributed by atoms with Gasteiger partial charge in [-0.2, -0.15) is 0 Å². The number of benzene rings is 1. The predicted molar refractivity (Wildman–Crippen MR) is 59.4 cm³/mol. The topological polar surface area (TPSA) is 40.5 Å². The Labute approximate surface area is 93.5 Å². The molecule has 1 N–H and O–H groups in total. The van der Waals surface area contributed by atoms with Crippen molar-refractivity contribution in [1.29, 1.82) is 0 Å². The Morgan fingerprint density at radius 3 is 2.75 bits per heavy atom. The minimum absolute atomic E-state index is 0.0129. The highest BCUT2D eigenvalue weighted by molar-refractivity contribution is 5.88. The number of carbonyl (C=O) groups is 1. The summed E-state index contributed by atoms with van der Waals surface area (Å²) in [5.74, 6) is -0.901. The third kappa shape index (κ3) is 2.32. The Balaban J connectivity index is 2.17. The molecule has 0 spiro atoms. The number of anilines is 1. The second kappa shape index (κ2) is 4.12. The van der Waals surface area contributed by atoms with Crippen LogP contribution in [0.1, 0.15) is 23.2 Å². The summed E-state index contributed by atoms with van der Waals surface area (Å²) in [6.45, 7) is 0.837. The predicted octanol–water partition coefficient (Wildman–Crippen LogP) is 2.37. The number of hydrogen-bond donors (Lipinski definition) is 1. The zero-order valence-electron chi connectivity index (χ0n) is 9.11. The molecule has 0 aromatic heterocycles. The molecular formula is C12H14FNO2. The van der Waals surface area contributed by atoms with Crippen LogP contribution in [0, 0.1) is 11.7 Å². The van der Waals surface area contributed by atoms with Crippen molar-refractivity contribution in [2.75, 3.05) is 18.5 Å². The molecule has 1 aliphatic rings. The Morgan fingerprint density at radius 1 is 1.56 bits per heavy atom. The van der Waals surface area contributed by atoms with Crippen molar-refractivity contribution >= 4 is 11.7 Å². The van der Waals surface area contributed by atoms with E-state index in [1.807, 2.05) is 11.9 Å². The molecule has 0 radical (unpaired) electrons. The minimum atomic E-state index is -1.10. The van der Waals surface area contributed by atoms with Gasteiger partial charge in [0, 0.05) is 13.6 Å². The summed E-state index contributed by atoms with van der Waals surface area (Å²) in [6.07, 6.45) is 2.42. The number of nitrogens with zero attached hydrogens (tertiary/aromatic N) is 1. The lowest BCUT2D eigenvalue weighted by Crippen LogP contribution is -2.21. The first-order valence-corrected chi connectivity index (χ1v) is 5.32. The number of halogens is 1. The van der Waals surface area contributed by atoms with Gasteiger partial charge in [0.25, 0.3) is 0 Å². The molecule has 4 heteroatoms. The lowest BCUT2D eigenvalue weighted by atomic mass is 10.2. The molecule has 0 amide bonds. The first-order valence-electron chi connectivity index (χ1n) is 5.32. The van der Waals surface area contributed by atoms with Gasteiger partial charge in [0.1, 0.15) is 5.82 Å². The van der Waals surface area contributed by atoms with E-state index in [4.69, 9.17) is 5.11 Å². The molecule has 0 atom stereocenters. The molecule has 1 saturated carbocycles. The number of carboxylic acids is 1. The SMILES string of the molecule is CN(CC1CC1)c1ccc(C(=O)O)cc1F. The van der Waals surface area contributed by atoms with Gasteiger partial charge < -0.3 is 10.0 Å². The standard InChI is InChI=1S/C12H14FNO2/c1-14(7-8-2-3-8)11-5-4-9(12(15)16)6-10(11)13/h4-6,8H,2-3,7H2,1H3,(H,15,16). The van der Waals surface area contributed by atoms with E-state index >= 15 is 0 Å². The van der Waals surface area contributed by atoms with Crippen molar-refractivity contribution in [2.24, 2.45) is 5.92 Å². The quantitative estimate of drug-likeness (QED) is 0.851. The van der Waals surface area contributed by atoms with Gasteiger partial charge in [-0.05, 0) is 37.0 Å². The van der Waals surface area contributed by atoms with Crippen molar-refractivity contribution in [3.63, 3.8) is 0 Å². The third-order valence-corrected chi connectivity index (χ3v) is 2.83. The molecule has 2 rings (SSSR count). The summed E-state index contributed by atoms with van der Waals surface area (Å²) in [7, 11) is 1.83. The van der Waals surface area contributed by atoms with Gasteiger partial charge in [0.15, 0.2) is 0 Å². The van der Waals surface area contributed by atoms with Gasteiger partial charge in [0.2, 0.25) is 0 Å². The zero-order chi connectivity index (χ0) is 11.7. The Bertz CT molecular complexity index is 415. The van der Waals surface area contributed by atoms with Crippen LogP contribution in [0.25, 0.3) is 0 Å². The molecule has 1 aliphatic carbocycles.